The van der Waals surface area contributed by atoms with Gasteiger partial charge in [-0.05, 0) is 54.3 Å². The van der Waals surface area contributed by atoms with Gasteiger partial charge in [0.1, 0.15) is 5.75 Å². The van der Waals surface area contributed by atoms with E-state index in [9.17, 15) is 19.5 Å². The summed E-state index contributed by atoms with van der Waals surface area (Å²) in [5.41, 5.74) is 2.05. The summed E-state index contributed by atoms with van der Waals surface area (Å²) in [4.78, 5) is 43.9. The average molecular weight is 534 g/mol. The molecule has 1 atom stereocenters. The molecule has 1 unspecified atom stereocenters. The molecule has 0 saturated heterocycles. The number of carboxylic acid groups (broad SMARTS) is 1. The molecule has 0 bridgehead atoms. The number of carbonyl (C=O) groups is 3. The molecule has 1 aromatic heterocycles. The highest BCUT2D eigenvalue weighted by Gasteiger charge is 2.35. The number of hydrogen-bond acceptors (Lipinski definition) is 6. The fourth-order valence-electron chi connectivity index (χ4n) is 4.30. The number of fused-ring (bicyclic) bond motifs is 1. The van der Waals surface area contributed by atoms with Crippen LogP contribution in [-0.2, 0) is 22.4 Å². The summed E-state index contributed by atoms with van der Waals surface area (Å²) >= 11 is 1.38. The molecule has 1 aliphatic heterocycles. The lowest BCUT2D eigenvalue weighted by atomic mass is 9.92. The van der Waals surface area contributed by atoms with Crippen molar-refractivity contribution in [1.82, 2.24) is 9.88 Å². The van der Waals surface area contributed by atoms with Gasteiger partial charge < -0.3 is 14.7 Å². The van der Waals surface area contributed by atoms with Crippen molar-refractivity contribution in [3.63, 3.8) is 0 Å². The van der Waals surface area contributed by atoms with Crippen LogP contribution in [0.1, 0.15) is 58.6 Å². The van der Waals surface area contributed by atoms with E-state index in [4.69, 9.17) is 4.74 Å². The topological polar surface area (TPSA) is 109 Å². The molecule has 38 heavy (non-hydrogen) atoms. The highest BCUT2D eigenvalue weighted by molar-refractivity contribution is 7.15. The van der Waals surface area contributed by atoms with Crippen molar-refractivity contribution in [2.75, 3.05) is 18.5 Å². The van der Waals surface area contributed by atoms with Gasteiger partial charge in [0.15, 0.2) is 11.2 Å². The van der Waals surface area contributed by atoms with Gasteiger partial charge in [0, 0.05) is 29.6 Å². The number of benzene rings is 2. The van der Waals surface area contributed by atoms with Gasteiger partial charge in [0.25, 0.3) is 5.91 Å². The third-order valence-corrected chi connectivity index (χ3v) is 7.25. The van der Waals surface area contributed by atoms with Gasteiger partial charge in [-0.1, -0.05) is 50.1 Å². The van der Waals surface area contributed by atoms with Gasteiger partial charge in [0.2, 0.25) is 5.91 Å². The number of nitrogens with one attached hydrogen (secondary N) is 1. The van der Waals surface area contributed by atoms with Gasteiger partial charge >= 0.3 is 5.97 Å². The van der Waals surface area contributed by atoms with Crippen molar-refractivity contribution in [2.24, 2.45) is 0 Å². The Balaban J connectivity index is 1.36. The van der Waals surface area contributed by atoms with E-state index in [-0.39, 0.29) is 11.8 Å². The molecule has 8 nitrogen and oxygen atoms in total. The Morgan fingerprint density at radius 2 is 2.03 bits per heavy atom. The first kappa shape index (κ1) is 27.1. The molecule has 0 aliphatic carbocycles. The van der Waals surface area contributed by atoms with E-state index in [1.165, 1.54) is 22.3 Å². The lowest BCUT2D eigenvalue weighted by Gasteiger charge is -2.34. The van der Waals surface area contributed by atoms with Crippen molar-refractivity contribution in [3.8, 4) is 5.75 Å². The fraction of sp³-hybridized carbons (Fsp3) is 0.310. The number of nitrogens with zero attached hydrogens (tertiary/aromatic N) is 2. The van der Waals surface area contributed by atoms with E-state index in [1.54, 1.807) is 36.5 Å². The van der Waals surface area contributed by atoms with E-state index in [2.05, 4.69) is 17.2 Å². The Labute approximate surface area is 226 Å². The Bertz CT molecular complexity index is 1300. The van der Waals surface area contributed by atoms with Gasteiger partial charge in [-0.2, -0.15) is 0 Å². The third kappa shape index (κ3) is 6.86. The van der Waals surface area contributed by atoms with Crippen molar-refractivity contribution in [1.29, 1.82) is 0 Å². The molecule has 2 aromatic carbocycles. The van der Waals surface area contributed by atoms with E-state index >= 15 is 0 Å². The predicted octanol–water partition coefficient (Wildman–Crippen LogP) is 5.27. The SMILES string of the molecule is CCCCC=CC(=O)N1CCc2ccc(OCCc3cnc(NC(=O)c4ccccc4)s3)cc2C1C(=O)O. The number of unbranched alkanes of at least 4 members (excludes halogenated alkanes) is 2. The van der Waals surface area contributed by atoms with Crippen LogP contribution in [-0.4, -0.2) is 45.9 Å². The largest absolute Gasteiger partial charge is 0.493 e. The molecule has 0 fully saturated rings. The number of ether oxygens (including phenoxy) is 1. The van der Waals surface area contributed by atoms with E-state index in [0.717, 1.165) is 29.7 Å². The molecule has 2 N–H and O–H groups in total. The Kier molecular flexibility index (Phi) is 9.26. The number of thiazole rings is 1. The summed E-state index contributed by atoms with van der Waals surface area (Å²) in [7, 11) is 0. The number of allylic oxidation sites excluding steroid dienone is 1. The number of carboxylic acids is 1. The molecule has 3 aromatic rings. The quantitative estimate of drug-likeness (QED) is 0.257. The second-order valence-electron chi connectivity index (χ2n) is 8.98. The van der Waals surface area contributed by atoms with Crippen LogP contribution in [0.4, 0.5) is 5.13 Å². The lowest BCUT2D eigenvalue weighted by Crippen LogP contribution is -2.42. The first-order valence-corrected chi connectivity index (χ1v) is 13.5. The van der Waals surface area contributed by atoms with Gasteiger partial charge in [0.05, 0.1) is 6.61 Å². The summed E-state index contributed by atoms with van der Waals surface area (Å²) in [6, 6.07) is 13.3. The summed E-state index contributed by atoms with van der Waals surface area (Å²) < 4.78 is 5.93. The maximum Gasteiger partial charge on any atom is 0.331 e. The number of aromatic nitrogens is 1. The van der Waals surface area contributed by atoms with Crippen LogP contribution in [0, 0.1) is 0 Å². The summed E-state index contributed by atoms with van der Waals surface area (Å²) in [6.45, 7) is 2.79. The van der Waals surface area contributed by atoms with Crippen LogP contribution in [0.3, 0.4) is 0 Å². The Morgan fingerprint density at radius 1 is 1.21 bits per heavy atom. The molecular formula is C29H31N3O5S. The monoisotopic (exact) mass is 533 g/mol. The lowest BCUT2D eigenvalue weighted by molar-refractivity contribution is -0.149. The number of amides is 2. The minimum atomic E-state index is -1.06. The van der Waals surface area contributed by atoms with Crippen LogP contribution in [0.15, 0.2) is 66.9 Å². The van der Waals surface area contributed by atoms with Gasteiger partial charge in [-0.15, -0.1) is 11.3 Å². The molecule has 4 rings (SSSR count). The Morgan fingerprint density at radius 3 is 2.79 bits per heavy atom. The smallest absolute Gasteiger partial charge is 0.331 e. The van der Waals surface area contributed by atoms with Crippen LogP contribution < -0.4 is 10.1 Å². The van der Waals surface area contributed by atoms with Gasteiger partial charge in [-0.25, -0.2) is 9.78 Å². The van der Waals surface area contributed by atoms with Crippen LogP contribution >= 0.6 is 11.3 Å². The second kappa shape index (κ2) is 13.0. The summed E-state index contributed by atoms with van der Waals surface area (Å²) in [5.74, 6) is -1.02. The second-order valence-corrected chi connectivity index (χ2v) is 10.1. The molecule has 1 aliphatic rings. The maximum absolute atomic E-state index is 12.8. The van der Waals surface area contributed by atoms with Crippen molar-refractivity contribution in [2.45, 2.75) is 45.1 Å². The van der Waals surface area contributed by atoms with Crippen molar-refractivity contribution < 1.29 is 24.2 Å². The zero-order valence-electron chi connectivity index (χ0n) is 21.3. The van der Waals surface area contributed by atoms with E-state index in [0.29, 0.717) is 48.0 Å². The number of anilines is 1. The predicted molar refractivity (Wildman–Crippen MR) is 147 cm³/mol. The number of aliphatic carboxylic acids is 1. The zero-order valence-corrected chi connectivity index (χ0v) is 22.1. The Hall–Kier alpha value is -3.98. The van der Waals surface area contributed by atoms with Crippen molar-refractivity contribution >= 4 is 34.3 Å². The van der Waals surface area contributed by atoms with Crippen LogP contribution in [0.2, 0.25) is 0 Å². The minimum absolute atomic E-state index is 0.214. The highest BCUT2D eigenvalue weighted by atomic mass is 32.1. The molecule has 0 spiro atoms. The number of carbonyl (C=O) groups excluding carboxylic acids is 2. The standard InChI is InChI=1S/C29H31N3O5S/c1-2-3-4-8-11-25(33)32-16-14-20-12-13-22(18-24(20)26(32)28(35)36)37-17-15-23-19-30-29(38-23)31-27(34)21-9-6-5-7-10-21/h5-13,18-19,26H,2-4,14-17H2,1H3,(H,35,36)(H,30,31,34). The maximum atomic E-state index is 12.8. The molecular weight excluding hydrogens is 502 g/mol. The third-order valence-electron chi connectivity index (χ3n) is 6.27. The zero-order chi connectivity index (χ0) is 26.9. The molecule has 0 saturated carbocycles. The molecule has 9 heteroatoms. The molecule has 0 radical (unpaired) electrons. The van der Waals surface area contributed by atoms with Crippen molar-refractivity contribution in [3.05, 3.63) is 88.4 Å². The number of rotatable bonds is 11. The molecule has 2 amide bonds. The highest BCUT2D eigenvalue weighted by Crippen LogP contribution is 2.33. The first-order valence-electron chi connectivity index (χ1n) is 12.7. The minimum Gasteiger partial charge on any atom is -0.493 e. The average Bonchev–Trinajstić information content (AvgIpc) is 3.37. The molecule has 2 heterocycles. The summed E-state index contributed by atoms with van der Waals surface area (Å²) in [6.07, 6.45) is 8.99. The first-order chi connectivity index (χ1) is 18.5. The van der Waals surface area contributed by atoms with E-state index < -0.39 is 12.0 Å². The number of hydrogen-bond donors (Lipinski definition) is 2. The van der Waals surface area contributed by atoms with Crippen LogP contribution in [0.5, 0.6) is 5.75 Å². The van der Waals surface area contributed by atoms with Crippen LogP contribution in [0.25, 0.3) is 0 Å². The molecule has 198 valence electrons. The summed E-state index contributed by atoms with van der Waals surface area (Å²) in [5, 5.41) is 13.3. The fourth-order valence-corrected chi connectivity index (χ4v) is 5.09. The normalized spacial score (nSPS) is 14.8. The van der Waals surface area contributed by atoms with E-state index in [1.807, 2.05) is 24.3 Å². The van der Waals surface area contributed by atoms with Gasteiger partial charge in [-0.3, -0.25) is 14.9 Å².